The molecule has 2 aromatic carbocycles. The molecule has 0 radical (unpaired) electrons. The van der Waals surface area contributed by atoms with Crippen molar-refractivity contribution in [1.29, 1.82) is 0 Å². The summed E-state index contributed by atoms with van der Waals surface area (Å²) in [5, 5.41) is 11.1. The molecule has 0 atom stereocenters. The Labute approximate surface area is 148 Å². The minimum atomic E-state index is -0.0904. The molecular formula is C18H14Cl2O2S. The van der Waals surface area contributed by atoms with E-state index in [2.05, 4.69) is 12.1 Å². The molecule has 0 saturated carbocycles. The Balaban J connectivity index is 1.77. The largest absolute Gasteiger partial charge is 0.505 e. The molecule has 5 heteroatoms. The van der Waals surface area contributed by atoms with Crippen molar-refractivity contribution in [2.75, 3.05) is 6.26 Å². The lowest BCUT2D eigenvalue weighted by molar-refractivity contribution is 0.476. The van der Waals surface area contributed by atoms with Crippen molar-refractivity contribution < 1.29 is 9.52 Å². The highest BCUT2D eigenvalue weighted by Gasteiger charge is 2.06. The summed E-state index contributed by atoms with van der Waals surface area (Å²) in [4.78, 5) is 1.18. The van der Waals surface area contributed by atoms with Crippen LogP contribution in [0.4, 0.5) is 0 Å². The van der Waals surface area contributed by atoms with E-state index in [0.29, 0.717) is 6.42 Å². The van der Waals surface area contributed by atoms with Crippen LogP contribution in [0.3, 0.4) is 0 Å². The molecule has 0 bridgehead atoms. The highest BCUT2D eigenvalue weighted by Crippen LogP contribution is 2.33. The highest BCUT2D eigenvalue weighted by atomic mass is 35.5. The van der Waals surface area contributed by atoms with Gasteiger partial charge in [0.1, 0.15) is 11.3 Å². The van der Waals surface area contributed by atoms with E-state index in [1.165, 1.54) is 4.90 Å². The summed E-state index contributed by atoms with van der Waals surface area (Å²) < 4.78 is 5.86. The van der Waals surface area contributed by atoms with Gasteiger partial charge in [-0.3, -0.25) is 0 Å². The van der Waals surface area contributed by atoms with Gasteiger partial charge >= 0.3 is 0 Å². The average Bonchev–Trinajstić information content (AvgIpc) is 2.94. The van der Waals surface area contributed by atoms with E-state index in [9.17, 15) is 5.11 Å². The number of benzene rings is 2. The van der Waals surface area contributed by atoms with Gasteiger partial charge in [0.15, 0.2) is 5.75 Å². The second-order valence-corrected chi connectivity index (χ2v) is 6.75. The number of halogens is 2. The van der Waals surface area contributed by atoms with Crippen LogP contribution >= 0.6 is 35.0 Å². The lowest BCUT2D eigenvalue weighted by atomic mass is 10.1. The van der Waals surface area contributed by atoms with Gasteiger partial charge in [-0.2, -0.15) is 0 Å². The molecule has 1 N–H and O–H groups in total. The average molecular weight is 365 g/mol. The second-order valence-electron chi connectivity index (χ2n) is 5.06. The molecule has 23 heavy (non-hydrogen) atoms. The first kappa shape index (κ1) is 16.3. The number of phenols is 1. The van der Waals surface area contributed by atoms with Crippen LogP contribution in [0.5, 0.6) is 5.75 Å². The molecule has 0 fully saturated rings. The second kappa shape index (κ2) is 6.91. The molecular weight excluding hydrogens is 351 g/mol. The fourth-order valence-electron chi connectivity index (χ4n) is 2.29. The number of allylic oxidation sites excluding steroid dienone is 1. The van der Waals surface area contributed by atoms with Gasteiger partial charge in [0.25, 0.3) is 0 Å². The Hall–Kier alpha value is -1.55. The first-order chi connectivity index (χ1) is 11.1. The van der Waals surface area contributed by atoms with Crippen molar-refractivity contribution in [2.45, 2.75) is 11.3 Å². The highest BCUT2D eigenvalue weighted by molar-refractivity contribution is 7.98. The van der Waals surface area contributed by atoms with E-state index in [1.54, 1.807) is 23.9 Å². The molecule has 0 spiro atoms. The van der Waals surface area contributed by atoms with Gasteiger partial charge < -0.3 is 9.52 Å². The molecule has 0 unspecified atom stereocenters. The molecule has 3 aromatic rings. The lowest BCUT2D eigenvalue weighted by Crippen LogP contribution is -1.78. The zero-order valence-corrected chi connectivity index (χ0v) is 14.7. The number of rotatable bonds is 4. The number of hydrogen-bond acceptors (Lipinski definition) is 3. The summed E-state index contributed by atoms with van der Waals surface area (Å²) in [6, 6.07) is 11.6. The molecule has 2 nitrogen and oxygen atoms in total. The normalized spacial score (nSPS) is 11.6. The van der Waals surface area contributed by atoms with Crippen molar-refractivity contribution in [2.24, 2.45) is 0 Å². The van der Waals surface area contributed by atoms with E-state index in [1.807, 2.05) is 30.5 Å². The Bertz CT molecular complexity index is 861. The lowest BCUT2D eigenvalue weighted by Gasteiger charge is -2.01. The fourth-order valence-corrected chi connectivity index (χ4v) is 3.22. The first-order valence-electron chi connectivity index (χ1n) is 6.98. The van der Waals surface area contributed by atoms with Crippen LogP contribution in [0.15, 0.2) is 51.8 Å². The van der Waals surface area contributed by atoms with Crippen LogP contribution in [-0.2, 0) is 6.42 Å². The summed E-state index contributed by atoms with van der Waals surface area (Å²) in [7, 11) is 0. The Kier molecular flexibility index (Phi) is 4.90. The van der Waals surface area contributed by atoms with Gasteiger partial charge in [0.05, 0.1) is 10.0 Å². The number of furan rings is 1. The van der Waals surface area contributed by atoms with E-state index >= 15 is 0 Å². The molecule has 0 aliphatic rings. The Morgan fingerprint density at radius 3 is 2.57 bits per heavy atom. The van der Waals surface area contributed by atoms with Gasteiger partial charge in [0, 0.05) is 16.7 Å². The number of fused-ring (bicyclic) bond motifs is 1. The van der Waals surface area contributed by atoms with E-state index < -0.39 is 0 Å². The van der Waals surface area contributed by atoms with E-state index in [4.69, 9.17) is 27.6 Å². The molecule has 0 aliphatic heterocycles. The number of hydrogen-bond donors (Lipinski definition) is 1. The van der Waals surface area contributed by atoms with Crippen LogP contribution in [0.2, 0.25) is 10.0 Å². The van der Waals surface area contributed by atoms with E-state index in [0.717, 1.165) is 22.3 Å². The maximum absolute atomic E-state index is 9.55. The smallest absolute Gasteiger partial charge is 0.152 e. The summed E-state index contributed by atoms with van der Waals surface area (Å²) in [5.74, 6) is 0.804. The molecule has 1 aromatic heterocycles. The first-order valence-corrected chi connectivity index (χ1v) is 8.96. The van der Waals surface area contributed by atoms with Crippen LogP contribution in [0.25, 0.3) is 17.0 Å². The van der Waals surface area contributed by atoms with Crippen molar-refractivity contribution in [3.63, 3.8) is 0 Å². The SMILES string of the molecule is CSc1ccc2cc(C/C=C/c3cc(Cl)c(O)c(Cl)c3)oc2c1. The molecule has 0 aliphatic carbocycles. The molecule has 1 heterocycles. The Morgan fingerprint density at radius 1 is 1.13 bits per heavy atom. The summed E-state index contributed by atoms with van der Waals surface area (Å²) >= 11 is 13.5. The van der Waals surface area contributed by atoms with Gasteiger partial charge in [0.2, 0.25) is 0 Å². The molecule has 118 valence electrons. The predicted octanol–water partition coefficient (Wildman–Crippen LogP) is 6.42. The zero-order valence-electron chi connectivity index (χ0n) is 12.3. The van der Waals surface area contributed by atoms with Crippen molar-refractivity contribution in [3.05, 3.63) is 63.8 Å². The van der Waals surface area contributed by atoms with Gasteiger partial charge in [-0.05, 0) is 42.2 Å². The molecule has 0 saturated heterocycles. The maximum atomic E-state index is 9.55. The standard InChI is InChI=1S/C18H14Cl2O2S/c1-23-14-6-5-12-9-13(22-17(12)10-14)4-2-3-11-7-15(19)18(21)16(20)8-11/h2-3,5-10,21H,4H2,1H3/b3-2+. The van der Waals surface area contributed by atoms with Crippen molar-refractivity contribution >= 4 is 52.0 Å². The minimum Gasteiger partial charge on any atom is -0.505 e. The fraction of sp³-hybridized carbons (Fsp3) is 0.111. The molecule has 0 amide bonds. The van der Waals surface area contributed by atoms with Crippen molar-refractivity contribution in [1.82, 2.24) is 0 Å². The number of aromatic hydroxyl groups is 1. The number of phenolic OH excluding ortho intramolecular Hbond substituents is 1. The van der Waals surface area contributed by atoms with Gasteiger partial charge in [-0.15, -0.1) is 11.8 Å². The van der Waals surface area contributed by atoms with Crippen LogP contribution < -0.4 is 0 Å². The van der Waals surface area contributed by atoms with Crippen LogP contribution in [0.1, 0.15) is 11.3 Å². The number of thioether (sulfide) groups is 1. The molecule has 3 rings (SSSR count). The van der Waals surface area contributed by atoms with E-state index in [-0.39, 0.29) is 15.8 Å². The zero-order chi connectivity index (χ0) is 16.4. The van der Waals surface area contributed by atoms with Crippen LogP contribution in [-0.4, -0.2) is 11.4 Å². The third kappa shape index (κ3) is 3.69. The maximum Gasteiger partial charge on any atom is 0.152 e. The third-order valence-corrected chi connectivity index (χ3v) is 4.75. The third-order valence-electron chi connectivity index (χ3n) is 3.45. The van der Waals surface area contributed by atoms with Crippen LogP contribution in [0, 0.1) is 0 Å². The predicted molar refractivity (Wildman–Crippen MR) is 98.9 cm³/mol. The summed E-state index contributed by atoms with van der Waals surface area (Å²) in [6.45, 7) is 0. The summed E-state index contributed by atoms with van der Waals surface area (Å²) in [6.07, 6.45) is 6.59. The van der Waals surface area contributed by atoms with Crippen molar-refractivity contribution in [3.8, 4) is 5.75 Å². The topological polar surface area (TPSA) is 33.4 Å². The Morgan fingerprint density at radius 2 is 1.87 bits per heavy atom. The minimum absolute atomic E-state index is 0.0904. The quantitative estimate of drug-likeness (QED) is 0.542. The summed E-state index contributed by atoms with van der Waals surface area (Å²) in [5.41, 5.74) is 1.73. The monoisotopic (exact) mass is 364 g/mol. The van der Waals surface area contributed by atoms with Gasteiger partial charge in [-0.1, -0.05) is 41.4 Å². The van der Waals surface area contributed by atoms with Gasteiger partial charge in [-0.25, -0.2) is 0 Å².